The van der Waals surface area contributed by atoms with Gasteiger partial charge in [0.15, 0.2) is 0 Å². The SMILES string of the molecule is C=CC(=C)OC(C)(C)CCOC(C)(C)C(=C)C=C. The minimum absolute atomic E-state index is 0.323. The van der Waals surface area contributed by atoms with Gasteiger partial charge < -0.3 is 9.47 Å². The molecule has 0 heterocycles. The van der Waals surface area contributed by atoms with Crippen LogP contribution in [0.1, 0.15) is 34.1 Å². The lowest BCUT2D eigenvalue weighted by Gasteiger charge is -2.30. The van der Waals surface area contributed by atoms with Gasteiger partial charge >= 0.3 is 0 Å². The standard InChI is InChI=1S/C16H26O2/c1-9-13(3)16(7,8)17-12-11-15(5,6)18-14(4)10-2/h9-10H,1-4,11-12H2,5-8H3. The number of hydrogen-bond donors (Lipinski definition) is 0. The van der Waals surface area contributed by atoms with E-state index in [1.54, 1.807) is 12.2 Å². The Labute approximate surface area is 112 Å². The first-order chi connectivity index (χ1) is 8.14. The van der Waals surface area contributed by atoms with Gasteiger partial charge in [-0.25, -0.2) is 0 Å². The smallest absolute Gasteiger partial charge is 0.112 e. The average Bonchev–Trinajstić information content (AvgIpc) is 2.26. The summed E-state index contributed by atoms with van der Waals surface area (Å²) in [5.41, 5.74) is 0.154. The molecule has 0 aliphatic rings. The Morgan fingerprint density at radius 3 is 2.06 bits per heavy atom. The normalized spacial score (nSPS) is 11.8. The van der Waals surface area contributed by atoms with Crippen molar-refractivity contribution >= 4 is 0 Å². The molecule has 0 bridgehead atoms. The summed E-state index contributed by atoms with van der Waals surface area (Å²) in [5.74, 6) is 0.578. The van der Waals surface area contributed by atoms with Gasteiger partial charge in [-0.05, 0) is 39.3 Å². The third-order valence-electron chi connectivity index (χ3n) is 2.82. The summed E-state index contributed by atoms with van der Waals surface area (Å²) in [6, 6.07) is 0. The van der Waals surface area contributed by atoms with Crippen LogP contribution in [-0.2, 0) is 9.47 Å². The second-order valence-corrected chi connectivity index (χ2v) is 5.37. The van der Waals surface area contributed by atoms with Crippen LogP contribution < -0.4 is 0 Å². The van der Waals surface area contributed by atoms with Crippen LogP contribution in [0.4, 0.5) is 0 Å². The summed E-state index contributed by atoms with van der Waals surface area (Å²) >= 11 is 0. The number of rotatable bonds is 9. The van der Waals surface area contributed by atoms with E-state index in [2.05, 4.69) is 26.3 Å². The quantitative estimate of drug-likeness (QED) is 0.446. The van der Waals surface area contributed by atoms with E-state index in [1.165, 1.54) is 0 Å². The van der Waals surface area contributed by atoms with E-state index < -0.39 is 5.60 Å². The van der Waals surface area contributed by atoms with Crippen LogP contribution in [0.15, 0.2) is 49.8 Å². The van der Waals surface area contributed by atoms with Gasteiger partial charge in [-0.2, -0.15) is 0 Å². The van der Waals surface area contributed by atoms with Crippen molar-refractivity contribution in [3.8, 4) is 0 Å². The highest BCUT2D eigenvalue weighted by Gasteiger charge is 2.24. The van der Waals surface area contributed by atoms with E-state index in [4.69, 9.17) is 9.47 Å². The molecule has 2 heteroatoms. The molecule has 0 aliphatic heterocycles. The van der Waals surface area contributed by atoms with Gasteiger partial charge in [-0.15, -0.1) is 0 Å². The second-order valence-electron chi connectivity index (χ2n) is 5.37. The van der Waals surface area contributed by atoms with Crippen molar-refractivity contribution in [1.29, 1.82) is 0 Å². The molecule has 18 heavy (non-hydrogen) atoms. The van der Waals surface area contributed by atoms with Crippen LogP contribution in [0.25, 0.3) is 0 Å². The fourth-order valence-corrected chi connectivity index (χ4v) is 1.34. The Bertz CT molecular complexity index is 335. The summed E-state index contributed by atoms with van der Waals surface area (Å²) in [5, 5.41) is 0. The van der Waals surface area contributed by atoms with E-state index in [0.717, 1.165) is 12.0 Å². The molecule has 0 saturated heterocycles. The Morgan fingerprint density at radius 1 is 1.06 bits per heavy atom. The Balaban J connectivity index is 4.25. The first kappa shape index (κ1) is 16.7. The van der Waals surface area contributed by atoms with Crippen LogP contribution in [0.5, 0.6) is 0 Å². The predicted octanol–water partition coefficient (Wildman–Crippen LogP) is 4.41. The average molecular weight is 250 g/mol. The molecule has 0 spiro atoms. The topological polar surface area (TPSA) is 18.5 Å². The van der Waals surface area contributed by atoms with Crippen molar-refractivity contribution in [2.75, 3.05) is 6.61 Å². The van der Waals surface area contributed by atoms with Crippen LogP contribution in [0.2, 0.25) is 0 Å². The minimum atomic E-state index is -0.396. The van der Waals surface area contributed by atoms with E-state index in [0.29, 0.717) is 12.4 Å². The van der Waals surface area contributed by atoms with E-state index >= 15 is 0 Å². The van der Waals surface area contributed by atoms with Gasteiger partial charge in [0, 0.05) is 6.42 Å². The predicted molar refractivity (Wildman–Crippen MR) is 78.5 cm³/mol. The van der Waals surface area contributed by atoms with Crippen LogP contribution in [0.3, 0.4) is 0 Å². The van der Waals surface area contributed by atoms with Crippen molar-refractivity contribution in [2.24, 2.45) is 0 Å². The number of allylic oxidation sites excluding steroid dienone is 1. The highest BCUT2D eigenvalue weighted by molar-refractivity contribution is 5.21. The maximum atomic E-state index is 5.83. The molecule has 0 aliphatic carbocycles. The molecule has 0 aromatic heterocycles. The molecule has 0 rings (SSSR count). The van der Waals surface area contributed by atoms with E-state index in [-0.39, 0.29) is 5.60 Å². The van der Waals surface area contributed by atoms with Crippen LogP contribution in [0, 0.1) is 0 Å². The molecule has 2 nitrogen and oxygen atoms in total. The molecule has 102 valence electrons. The van der Waals surface area contributed by atoms with Crippen molar-refractivity contribution < 1.29 is 9.47 Å². The number of ether oxygens (including phenoxy) is 2. The summed E-state index contributed by atoms with van der Waals surface area (Å²) in [6.07, 6.45) is 4.08. The maximum Gasteiger partial charge on any atom is 0.112 e. The van der Waals surface area contributed by atoms with Gasteiger partial charge in [0.1, 0.15) is 11.4 Å². The second kappa shape index (κ2) is 6.60. The zero-order chi connectivity index (χ0) is 14.4. The summed E-state index contributed by atoms with van der Waals surface area (Å²) in [4.78, 5) is 0. The molecule has 0 aromatic carbocycles. The molecule has 0 aromatic rings. The number of hydrogen-bond acceptors (Lipinski definition) is 2. The summed E-state index contributed by atoms with van der Waals surface area (Å²) < 4.78 is 11.5. The maximum absolute atomic E-state index is 5.83. The lowest BCUT2D eigenvalue weighted by Crippen LogP contribution is -2.31. The molecule has 0 atom stereocenters. The van der Waals surface area contributed by atoms with Crippen molar-refractivity contribution in [3.05, 3.63) is 49.8 Å². The first-order valence-corrected chi connectivity index (χ1v) is 6.11. The van der Waals surface area contributed by atoms with Gasteiger partial charge in [-0.1, -0.05) is 32.4 Å². The fourth-order valence-electron chi connectivity index (χ4n) is 1.34. The van der Waals surface area contributed by atoms with Gasteiger partial charge in [0.05, 0.1) is 12.2 Å². The largest absolute Gasteiger partial charge is 0.488 e. The van der Waals surface area contributed by atoms with Gasteiger partial charge in [0.2, 0.25) is 0 Å². The van der Waals surface area contributed by atoms with Crippen molar-refractivity contribution in [1.82, 2.24) is 0 Å². The Kier molecular flexibility index (Phi) is 6.13. The van der Waals surface area contributed by atoms with Crippen molar-refractivity contribution in [3.63, 3.8) is 0 Å². The summed E-state index contributed by atoms with van der Waals surface area (Å²) in [6.45, 7) is 23.5. The highest BCUT2D eigenvalue weighted by atomic mass is 16.5. The lowest BCUT2D eigenvalue weighted by molar-refractivity contribution is -0.0343. The first-order valence-electron chi connectivity index (χ1n) is 6.11. The van der Waals surface area contributed by atoms with Crippen LogP contribution in [-0.4, -0.2) is 17.8 Å². The molecule has 0 unspecified atom stereocenters. The molecule has 0 fully saturated rings. The van der Waals surface area contributed by atoms with Gasteiger partial charge in [0.25, 0.3) is 0 Å². The lowest BCUT2D eigenvalue weighted by atomic mass is 9.99. The Morgan fingerprint density at radius 2 is 1.61 bits per heavy atom. The van der Waals surface area contributed by atoms with E-state index in [9.17, 15) is 0 Å². The molecule has 0 N–H and O–H groups in total. The molecular formula is C16H26O2. The molecule has 0 radical (unpaired) electrons. The highest BCUT2D eigenvalue weighted by Crippen LogP contribution is 2.23. The van der Waals surface area contributed by atoms with Crippen LogP contribution >= 0.6 is 0 Å². The zero-order valence-electron chi connectivity index (χ0n) is 12.2. The third kappa shape index (κ3) is 5.87. The monoisotopic (exact) mass is 250 g/mol. The van der Waals surface area contributed by atoms with Gasteiger partial charge in [-0.3, -0.25) is 0 Å². The molecular weight excluding hydrogens is 224 g/mol. The zero-order valence-corrected chi connectivity index (χ0v) is 12.2. The fraction of sp³-hybridized carbons (Fsp3) is 0.500. The van der Waals surface area contributed by atoms with Crippen molar-refractivity contribution in [2.45, 2.75) is 45.3 Å². The van der Waals surface area contributed by atoms with E-state index in [1.807, 2.05) is 27.7 Å². The molecule has 0 amide bonds. The summed E-state index contributed by atoms with van der Waals surface area (Å²) in [7, 11) is 0. The Hall–Kier alpha value is -1.28. The minimum Gasteiger partial charge on any atom is -0.488 e. The molecule has 0 saturated carbocycles. The third-order valence-corrected chi connectivity index (χ3v) is 2.82.